The number of rotatable bonds is 7. The summed E-state index contributed by atoms with van der Waals surface area (Å²) in [7, 11) is 0. The highest BCUT2D eigenvalue weighted by atomic mass is 32.2. The minimum atomic E-state index is -0.266. The lowest BCUT2D eigenvalue weighted by Crippen LogP contribution is -2.37. The molecule has 0 saturated carbocycles. The molecule has 3 aromatic rings. The minimum absolute atomic E-state index is 0.00175. The van der Waals surface area contributed by atoms with Crippen molar-refractivity contribution in [3.8, 4) is 0 Å². The maximum atomic E-state index is 13.0. The number of nitrogens with zero attached hydrogens (tertiary/aromatic N) is 3. The van der Waals surface area contributed by atoms with Crippen molar-refractivity contribution in [1.29, 1.82) is 0 Å². The van der Waals surface area contributed by atoms with Crippen molar-refractivity contribution >= 4 is 57.5 Å². The van der Waals surface area contributed by atoms with Gasteiger partial charge in [-0.25, -0.2) is 4.39 Å². The number of benzene rings is 2. The molecule has 0 aliphatic carbocycles. The van der Waals surface area contributed by atoms with E-state index in [-0.39, 0.29) is 24.1 Å². The van der Waals surface area contributed by atoms with E-state index in [0.29, 0.717) is 27.5 Å². The molecule has 0 unspecified atom stereocenters. The number of hydrogen-bond acceptors (Lipinski definition) is 7. The van der Waals surface area contributed by atoms with Crippen LogP contribution in [-0.4, -0.2) is 34.3 Å². The summed E-state index contributed by atoms with van der Waals surface area (Å²) in [6.45, 7) is 0.313. The number of para-hydroxylation sites is 1. The van der Waals surface area contributed by atoms with Crippen LogP contribution in [0.15, 0.2) is 57.8 Å². The van der Waals surface area contributed by atoms with Gasteiger partial charge in [0.05, 0.1) is 11.4 Å². The van der Waals surface area contributed by atoms with Gasteiger partial charge < -0.3 is 10.2 Å². The Kier molecular flexibility index (Phi) is 6.66. The van der Waals surface area contributed by atoms with Gasteiger partial charge in [0.15, 0.2) is 4.34 Å². The molecule has 154 valence electrons. The number of hydrogen-bond donors (Lipinski definition) is 1. The van der Waals surface area contributed by atoms with Crippen LogP contribution in [0.3, 0.4) is 0 Å². The Hall–Kier alpha value is -2.43. The number of aromatic nitrogens is 2. The molecule has 2 amide bonds. The lowest BCUT2D eigenvalue weighted by Gasteiger charge is -2.28. The van der Waals surface area contributed by atoms with E-state index in [1.54, 1.807) is 17.0 Å². The van der Waals surface area contributed by atoms with Crippen molar-refractivity contribution in [1.82, 2.24) is 10.2 Å². The summed E-state index contributed by atoms with van der Waals surface area (Å²) in [5.74, 6) is 0.533. The molecule has 1 aromatic heterocycles. The van der Waals surface area contributed by atoms with E-state index in [2.05, 4.69) is 15.5 Å². The Morgan fingerprint density at radius 3 is 2.80 bits per heavy atom. The van der Waals surface area contributed by atoms with Gasteiger partial charge in [0.25, 0.3) is 0 Å². The first-order chi connectivity index (χ1) is 14.6. The average Bonchev–Trinajstić information content (AvgIpc) is 3.20. The van der Waals surface area contributed by atoms with E-state index < -0.39 is 0 Å². The molecule has 1 aliphatic rings. The second kappa shape index (κ2) is 9.59. The molecule has 1 N–H and O–H groups in total. The molecular weight excluding hydrogens is 443 g/mol. The quantitative estimate of drug-likeness (QED) is 0.415. The zero-order valence-electron chi connectivity index (χ0n) is 15.7. The Morgan fingerprint density at radius 2 is 1.97 bits per heavy atom. The number of carbonyl (C=O) groups is 2. The highest BCUT2D eigenvalue weighted by Gasteiger charge is 2.24. The maximum Gasteiger partial charge on any atom is 0.237 e. The monoisotopic (exact) mass is 460 g/mol. The molecule has 30 heavy (non-hydrogen) atoms. The summed E-state index contributed by atoms with van der Waals surface area (Å²) >= 11 is 4.27. The fraction of sp³-hybridized carbons (Fsp3) is 0.200. The topological polar surface area (TPSA) is 75.2 Å². The number of thioether (sulfide) groups is 2. The van der Waals surface area contributed by atoms with Crippen molar-refractivity contribution < 1.29 is 14.0 Å². The molecule has 2 heterocycles. The third kappa shape index (κ3) is 5.18. The van der Waals surface area contributed by atoms with Crippen LogP contribution < -0.4 is 10.2 Å². The Balaban J connectivity index is 1.29. The smallest absolute Gasteiger partial charge is 0.237 e. The molecule has 6 nitrogen and oxygen atoms in total. The second-order valence-corrected chi connectivity index (χ2v) is 9.61. The summed E-state index contributed by atoms with van der Waals surface area (Å²) in [6.07, 6.45) is 0.169. The van der Waals surface area contributed by atoms with Gasteiger partial charge in [-0.15, -0.1) is 22.0 Å². The van der Waals surface area contributed by atoms with E-state index in [9.17, 15) is 14.0 Å². The Morgan fingerprint density at radius 1 is 1.17 bits per heavy atom. The van der Waals surface area contributed by atoms with Crippen LogP contribution in [0, 0.1) is 5.82 Å². The van der Waals surface area contributed by atoms with Crippen LogP contribution in [0.25, 0.3) is 0 Å². The normalized spacial score (nSPS) is 13.2. The van der Waals surface area contributed by atoms with Gasteiger partial charge in [0, 0.05) is 23.6 Å². The predicted molar refractivity (Wildman–Crippen MR) is 119 cm³/mol. The van der Waals surface area contributed by atoms with Crippen LogP contribution in [0.1, 0.15) is 12.0 Å². The van der Waals surface area contributed by atoms with Crippen LogP contribution in [0.2, 0.25) is 0 Å². The number of amides is 2. The number of nitrogens with one attached hydrogen (secondary N) is 1. The second-order valence-electron chi connectivity index (χ2n) is 6.39. The summed E-state index contributed by atoms with van der Waals surface area (Å²) in [6, 6.07) is 14.0. The Bertz CT molecular complexity index is 1060. The number of carbonyl (C=O) groups excluding carboxylic acids is 2. The van der Waals surface area contributed by atoms with Gasteiger partial charge in [-0.1, -0.05) is 47.4 Å². The number of fused-ring (bicyclic) bond motifs is 1. The van der Waals surface area contributed by atoms with Crippen molar-refractivity contribution in [2.75, 3.05) is 22.5 Å². The van der Waals surface area contributed by atoms with Gasteiger partial charge in [0.2, 0.25) is 16.9 Å². The molecule has 2 aromatic carbocycles. The lowest BCUT2D eigenvalue weighted by molar-refractivity contribution is -0.117. The number of halogens is 1. The first-order valence-corrected chi connectivity index (χ1v) is 11.9. The molecule has 0 saturated heterocycles. The lowest BCUT2D eigenvalue weighted by atomic mass is 10.2. The predicted octanol–water partition coefficient (Wildman–Crippen LogP) is 4.44. The Labute approximate surface area is 185 Å². The van der Waals surface area contributed by atoms with Crippen LogP contribution in [-0.2, 0) is 15.3 Å². The first-order valence-electron chi connectivity index (χ1n) is 9.11. The first kappa shape index (κ1) is 20.8. The molecule has 1 aliphatic heterocycles. The summed E-state index contributed by atoms with van der Waals surface area (Å²) < 4.78 is 13.7. The highest BCUT2D eigenvalue weighted by Crippen LogP contribution is 2.35. The molecule has 0 bridgehead atoms. The minimum Gasteiger partial charge on any atom is -0.310 e. The molecule has 0 atom stereocenters. The molecule has 0 radical (unpaired) electrons. The van der Waals surface area contributed by atoms with Crippen LogP contribution in [0.5, 0.6) is 0 Å². The molecule has 4 rings (SSSR count). The third-order valence-corrected chi connectivity index (χ3v) is 7.39. The van der Waals surface area contributed by atoms with Gasteiger partial charge in [-0.2, -0.15) is 0 Å². The molecule has 10 heteroatoms. The van der Waals surface area contributed by atoms with Crippen molar-refractivity contribution in [2.45, 2.75) is 21.4 Å². The van der Waals surface area contributed by atoms with Gasteiger partial charge in [0.1, 0.15) is 5.82 Å². The fourth-order valence-corrected chi connectivity index (χ4v) is 5.50. The van der Waals surface area contributed by atoms with Gasteiger partial charge in [-0.05, 0) is 29.8 Å². The van der Waals surface area contributed by atoms with Crippen LogP contribution >= 0.6 is 34.9 Å². The maximum absolute atomic E-state index is 13.0. The summed E-state index contributed by atoms with van der Waals surface area (Å²) in [5, 5.41) is 11.2. The van der Waals surface area contributed by atoms with E-state index in [1.165, 1.54) is 47.0 Å². The van der Waals surface area contributed by atoms with E-state index in [4.69, 9.17) is 0 Å². The van der Waals surface area contributed by atoms with E-state index >= 15 is 0 Å². The highest BCUT2D eigenvalue weighted by molar-refractivity contribution is 8.00. The van der Waals surface area contributed by atoms with Crippen LogP contribution in [0.4, 0.5) is 15.2 Å². The molecule has 0 fully saturated rings. The fourth-order valence-electron chi connectivity index (χ4n) is 2.84. The van der Waals surface area contributed by atoms with Gasteiger partial charge in [-0.3, -0.25) is 9.59 Å². The SMILES string of the molecule is O=C(CCN1C(=O)CSc2ccccc21)Nc1nnc(SCc2ccc(F)cc2)s1. The largest absolute Gasteiger partial charge is 0.310 e. The third-order valence-electron chi connectivity index (χ3n) is 4.30. The average molecular weight is 461 g/mol. The van der Waals surface area contributed by atoms with Crippen molar-refractivity contribution in [3.05, 3.63) is 59.9 Å². The van der Waals surface area contributed by atoms with E-state index in [0.717, 1.165) is 16.1 Å². The van der Waals surface area contributed by atoms with Crippen molar-refractivity contribution in [2.24, 2.45) is 0 Å². The summed E-state index contributed by atoms with van der Waals surface area (Å²) in [5.41, 5.74) is 1.83. The molecule has 0 spiro atoms. The standard InChI is InChI=1S/C20H17FN4O2S3/c21-14-7-5-13(6-8-14)11-29-20-24-23-19(30-20)22-17(26)9-10-25-15-3-1-2-4-16(15)28-12-18(25)27/h1-8H,9-12H2,(H,22,23,26). The zero-order valence-corrected chi connectivity index (χ0v) is 18.2. The summed E-state index contributed by atoms with van der Waals surface area (Å²) in [4.78, 5) is 27.3. The zero-order chi connectivity index (χ0) is 20.9. The van der Waals surface area contributed by atoms with Crippen molar-refractivity contribution in [3.63, 3.8) is 0 Å². The number of anilines is 2. The van der Waals surface area contributed by atoms with Gasteiger partial charge >= 0.3 is 0 Å². The molecular formula is C20H17FN4O2S3. The van der Waals surface area contributed by atoms with E-state index in [1.807, 2.05) is 24.3 Å².